The van der Waals surface area contributed by atoms with Crippen LogP contribution in [-0.4, -0.2) is 11.1 Å². The Labute approximate surface area is 90.1 Å². The van der Waals surface area contributed by atoms with Gasteiger partial charge in [0.1, 0.15) is 6.07 Å². The molecule has 72 valence electrons. The molecule has 0 aromatic heterocycles. The van der Waals surface area contributed by atoms with Crippen LogP contribution in [0.1, 0.15) is 28.4 Å². The molecule has 0 bridgehead atoms. The second-order valence-electron chi connectivity index (χ2n) is 2.73. The molecular weight excluding hydrogens is 246 g/mol. The van der Waals surface area contributed by atoms with Gasteiger partial charge in [-0.15, -0.1) is 0 Å². The lowest BCUT2D eigenvalue weighted by atomic mass is 10.0. The van der Waals surface area contributed by atoms with Crippen LogP contribution in [0.3, 0.4) is 0 Å². The van der Waals surface area contributed by atoms with Crippen molar-refractivity contribution < 1.29 is 9.90 Å². The van der Waals surface area contributed by atoms with Gasteiger partial charge >= 0.3 is 5.97 Å². The Hall–Kier alpha value is -1.34. The molecule has 0 amide bonds. The maximum atomic E-state index is 10.9. The number of aromatic carboxylic acids is 1. The number of halogens is 1. The second kappa shape index (κ2) is 4.25. The van der Waals surface area contributed by atoms with Crippen LogP contribution >= 0.6 is 15.9 Å². The van der Waals surface area contributed by atoms with Gasteiger partial charge in [-0.1, -0.05) is 13.0 Å². The van der Waals surface area contributed by atoms with Gasteiger partial charge in [-0.25, -0.2) is 4.79 Å². The number of nitrogens with zero attached hydrogens (tertiary/aromatic N) is 1. The van der Waals surface area contributed by atoms with E-state index in [9.17, 15) is 4.79 Å². The molecule has 0 fully saturated rings. The summed E-state index contributed by atoms with van der Waals surface area (Å²) in [4.78, 5) is 10.9. The average molecular weight is 254 g/mol. The molecule has 0 unspecified atom stereocenters. The number of carboxylic acids is 1. The first-order valence-electron chi connectivity index (χ1n) is 4.06. The maximum absolute atomic E-state index is 10.9. The molecule has 0 aliphatic heterocycles. The Morgan fingerprint density at radius 2 is 2.29 bits per heavy atom. The van der Waals surface area contributed by atoms with Crippen molar-refractivity contribution in [3.05, 3.63) is 33.3 Å². The molecule has 1 aromatic rings. The number of hydrogen-bond acceptors (Lipinski definition) is 2. The van der Waals surface area contributed by atoms with Gasteiger partial charge in [0.05, 0.1) is 11.1 Å². The zero-order valence-electron chi connectivity index (χ0n) is 7.54. The standard InChI is InChI=1S/C10H8BrNO2/c1-2-6-3-4-7(5-12)8(9(6)11)10(13)14/h3-4H,2H2,1H3,(H,13,14). The lowest BCUT2D eigenvalue weighted by Crippen LogP contribution is -2.03. The molecule has 4 heteroatoms. The first kappa shape index (κ1) is 10.7. The Morgan fingerprint density at radius 1 is 1.64 bits per heavy atom. The number of carboxylic acid groups (broad SMARTS) is 1. The first-order valence-corrected chi connectivity index (χ1v) is 4.85. The SMILES string of the molecule is CCc1ccc(C#N)c(C(=O)O)c1Br. The van der Waals surface area contributed by atoms with E-state index in [0.717, 1.165) is 12.0 Å². The molecule has 0 atom stereocenters. The molecule has 1 aromatic carbocycles. The summed E-state index contributed by atoms with van der Waals surface area (Å²) in [7, 11) is 0. The summed E-state index contributed by atoms with van der Waals surface area (Å²) in [5.74, 6) is -1.08. The normalized spacial score (nSPS) is 9.50. The zero-order valence-corrected chi connectivity index (χ0v) is 9.13. The highest BCUT2D eigenvalue weighted by molar-refractivity contribution is 9.10. The minimum Gasteiger partial charge on any atom is -0.478 e. The van der Waals surface area contributed by atoms with E-state index in [1.54, 1.807) is 6.07 Å². The zero-order chi connectivity index (χ0) is 10.7. The lowest BCUT2D eigenvalue weighted by molar-refractivity contribution is 0.0695. The van der Waals surface area contributed by atoms with E-state index in [1.165, 1.54) is 6.07 Å². The molecular formula is C10H8BrNO2. The monoisotopic (exact) mass is 253 g/mol. The molecule has 0 aliphatic carbocycles. The van der Waals surface area contributed by atoms with Crippen LogP contribution in [0.5, 0.6) is 0 Å². The highest BCUT2D eigenvalue weighted by Crippen LogP contribution is 2.25. The van der Waals surface area contributed by atoms with E-state index in [1.807, 2.05) is 13.0 Å². The highest BCUT2D eigenvalue weighted by atomic mass is 79.9. The van der Waals surface area contributed by atoms with Crippen molar-refractivity contribution in [1.29, 1.82) is 5.26 Å². The minimum absolute atomic E-state index is 0.0480. The quantitative estimate of drug-likeness (QED) is 0.882. The van der Waals surface area contributed by atoms with Crippen molar-refractivity contribution in [2.75, 3.05) is 0 Å². The summed E-state index contributed by atoms with van der Waals surface area (Å²) in [6.45, 7) is 1.93. The molecule has 0 heterocycles. The van der Waals surface area contributed by atoms with Gasteiger partial charge in [0, 0.05) is 4.47 Å². The van der Waals surface area contributed by atoms with Crippen molar-refractivity contribution in [3.8, 4) is 6.07 Å². The average Bonchev–Trinajstić information content (AvgIpc) is 2.16. The fourth-order valence-electron chi connectivity index (χ4n) is 1.19. The van der Waals surface area contributed by atoms with Crippen molar-refractivity contribution in [1.82, 2.24) is 0 Å². The van der Waals surface area contributed by atoms with Crippen LogP contribution in [0, 0.1) is 11.3 Å². The third kappa shape index (κ3) is 1.78. The smallest absolute Gasteiger partial charge is 0.338 e. The van der Waals surface area contributed by atoms with Gasteiger partial charge in [0.25, 0.3) is 0 Å². The molecule has 0 saturated heterocycles. The number of benzene rings is 1. The second-order valence-corrected chi connectivity index (χ2v) is 3.52. The number of nitriles is 1. The van der Waals surface area contributed by atoms with Crippen molar-refractivity contribution >= 4 is 21.9 Å². The van der Waals surface area contributed by atoms with Crippen LogP contribution in [-0.2, 0) is 6.42 Å². The van der Waals surface area contributed by atoms with Crippen LogP contribution in [0.4, 0.5) is 0 Å². The molecule has 1 N–H and O–H groups in total. The highest BCUT2D eigenvalue weighted by Gasteiger charge is 2.16. The van der Waals surface area contributed by atoms with Gasteiger partial charge in [-0.05, 0) is 34.0 Å². The topological polar surface area (TPSA) is 61.1 Å². The van der Waals surface area contributed by atoms with Gasteiger partial charge in [-0.3, -0.25) is 0 Å². The van der Waals surface area contributed by atoms with E-state index in [2.05, 4.69) is 15.9 Å². The van der Waals surface area contributed by atoms with Crippen LogP contribution in [0.25, 0.3) is 0 Å². The largest absolute Gasteiger partial charge is 0.478 e. The number of carbonyl (C=O) groups is 1. The summed E-state index contributed by atoms with van der Waals surface area (Å²) in [5.41, 5.74) is 1.12. The van der Waals surface area contributed by atoms with E-state index >= 15 is 0 Å². The van der Waals surface area contributed by atoms with Crippen molar-refractivity contribution in [2.45, 2.75) is 13.3 Å². The molecule has 14 heavy (non-hydrogen) atoms. The van der Waals surface area contributed by atoms with E-state index in [-0.39, 0.29) is 11.1 Å². The van der Waals surface area contributed by atoms with Crippen molar-refractivity contribution in [3.63, 3.8) is 0 Å². The molecule has 0 saturated carbocycles. The minimum atomic E-state index is -1.08. The van der Waals surface area contributed by atoms with Crippen LogP contribution < -0.4 is 0 Å². The molecule has 0 radical (unpaired) electrons. The van der Waals surface area contributed by atoms with Crippen LogP contribution in [0.2, 0.25) is 0 Å². The number of aryl methyl sites for hydroxylation is 1. The number of rotatable bonds is 2. The Kier molecular flexibility index (Phi) is 3.26. The molecule has 0 aliphatic rings. The summed E-state index contributed by atoms with van der Waals surface area (Å²) >= 11 is 3.20. The Balaban J connectivity index is 3.49. The van der Waals surface area contributed by atoms with E-state index in [4.69, 9.17) is 10.4 Å². The maximum Gasteiger partial charge on any atom is 0.338 e. The van der Waals surface area contributed by atoms with Gasteiger partial charge in [-0.2, -0.15) is 5.26 Å². The fourth-order valence-corrected chi connectivity index (χ4v) is 1.99. The van der Waals surface area contributed by atoms with Gasteiger partial charge < -0.3 is 5.11 Å². The number of hydrogen-bond donors (Lipinski definition) is 1. The summed E-state index contributed by atoms with van der Waals surface area (Å²) in [5, 5.41) is 17.6. The Morgan fingerprint density at radius 3 is 2.71 bits per heavy atom. The van der Waals surface area contributed by atoms with E-state index < -0.39 is 5.97 Å². The predicted molar refractivity (Wildman–Crippen MR) is 55.2 cm³/mol. The first-order chi connectivity index (χ1) is 6.61. The summed E-state index contributed by atoms with van der Waals surface area (Å²) in [6, 6.07) is 5.15. The van der Waals surface area contributed by atoms with Crippen LogP contribution in [0.15, 0.2) is 16.6 Å². The Bertz CT molecular complexity index is 421. The lowest BCUT2D eigenvalue weighted by Gasteiger charge is -2.06. The molecule has 3 nitrogen and oxygen atoms in total. The van der Waals surface area contributed by atoms with Gasteiger partial charge in [0.2, 0.25) is 0 Å². The van der Waals surface area contributed by atoms with Crippen molar-refractivity contribution in [2.24, 2.45) is 0 Å². The van der Waals surface area contributed by atoms with Gasteiger partial charge in [0.15, 0.2) is 0 Å². The summed E-state index contributed by atoms with van der Waals surface area (Å²) in [6.07, 6.45) is 0.729. The van der Waals surface area contributed by atoms with E-state index in [0.29, 0.717) is 4.47 Å². The third-order valence-electron chi connectivity index (χ3n) is 1.94. The molecule has 0 spiro atoms. The molecule has 1 rings (SSSR count). The fraction of sp³-hybridized carbons (Fsp3) is 0.200. The third-order valence-corrected chi connectivity index (χ3v) is 2.84. The summed E-state index contributed by atoms with van der Waals surface area (Å²) < 4.78 is 0.506. The predicted octanol–water partition coefficient (Wildman–Crippen LogP) is 2.58.